The molecule has 96 valence electrons. The lowest BCUT2D eigenvalue weighted by Crippen LogP contribution is -2.31. The summed E-state index contributed by atoms with van der Waals surface area (Å²) in [6.07, 6.45) is -2.73. The van der Waals surface area contributed by atoms with Gasteiger partial charge in [-0.2, -0.15) is 4.31 Å². The van der Waals surface area contributed by atoms with Crippen molar-refractivity contribution < 1.29 is 17.2 Å². The van der Waals surface area contributed by atoms with Crippen molar-refractivity contribution in [2.45, 2.75) is 11.3 Å². The molecule has 3 nitrogen and oxygen atoms in total. The van der Waals surface area contributed by atoms with Crippen LogP contribution in [0.15, 0.2) is 27.6 Å². The van der Waals surface area contributed by atoms with E-state index in [1.54, 1.807) is 0 Å². The second kappa shape index (κ2) is 5.60. The SMILES string of the molecule is CN(CC(F)F)S(=O)(=O)c1ccc(Br)cc1Cl. The minimum atomic E-state index is -3.98. The summed E-state index contributed by atoms with van der Waals surface area (Å²) in [5.74, 6) is 0. The molecule has 0 N–H and O–H groups in total. The number of sulfonamides is 1. The van der Waals surface area contributed by atoms with E-state index in [0.717, 1.165) is 7.05 Å². The fraction of sp³-hybridized carbons (Fsp3) is 0.333. The molecule has 0 saturated carbocycles. The van der Waals surface area contributed by atoms with Crippen LogP contribution in [0.25, 0.3) is 0 Å². The minimum absolute atomic E-state index is 0.0134. The fourth-order valence-corrected chi connectivity index (χ4v) is 3.30. The maximum atomic E-state index is 12.1. The van der Waals surface area contributed by atoms with Crippen molar-refractivity contribution >= 4 is 37.6 Å². The quantitative estimate of drug-likeness (QED) is 0.839. The predicted octanol–water partition coefficient (Wildman–Crippen LogP) is 2.99. The second-order valence-electron chi connectivity index (χ2n) is 3.25. The zero-order chi connectivity index (χ0) is 13.2. The highest BCUT2D eigenvalue weighted by Gasteiger charge is 2.25. The van der Waals surface area contributed by atoms with Crippen LogP contribution < -0.4 is 0 Å². The molecule has 0 aliphatic carbocycles. The standard InChI is InChI=1S/C9H9BrClF2NO2S/c1-14(5-9(12)13)17(15,16)8-3-2-6(10)4-7(8)11/h2-4,9H,5H2,1H3. The van der Waals surface area contributed by atoms with E-state index in [1.165, 1.54) is 18.2 Å². The van der Waals surface area contributed by atoms with E-state index >= 15 is 0 Å². The second-order valence-corrected chi connectivity index (χ2v) is 6.59. The van der Waals surface area contributed by atoms with Crippen molar-refractivity contribution in [2.24, 2.45) is 0 Å². The minimum Gasteiger partial charge on any atom is -0.209 e. The zero-order valence-corrected chi connectivity index (χ0v) is 11.9. The summed E-state index contributed by atoms with van der Waals surface area (Å²) in [4.78, 5) is -0.189. The van der Waals surface area contributed by atoms with Gasteiger partial charge in [0.05, 0.1) is 11.6 Å². The van der Waals surface area contributed by atoms with Crippen LogP contribution in [0, 0.1) is 0 Å². The summed E-state index contributed by atoms with van der Waals surface area (Å²) in [5.41, 5.74) is 0. The number of halogens is 4. The Morgan fingerprint density at radius 1 is 1.47 bits per heavy atom. The van der Waals surface area contributed by atoms with E-state index in [9.17, 15) is 17.2 Å². The Hall–Kier alpha value is -0.240. The van der Waals surface area contributed by atoms with Crippen LogP contribution in [-0.4, -0.2) is 32.7 Å². The third-order valence-corrected chi connectivity index (χ3v) is 4.78. The molecule has 0 aliphatic rings. The van der Waals surface area contributed by atoms with E-state index in [0.29, 0.717) is 8.78 Å². The van der Waals surface area contributed by atoms with Gasteiger partial charge in [-0.15, -0.1) is 0 Å². The van der Waals surface area contributed by atoms with Gasteiger partial charge in [0, 0.05) is 11.5 Å². The van der Waals surface area contributed by atoms with Gasteiger partial charge < -0.3 is 0 Å². The van der Waals surface area contributed by atoms with E-state index in [-0.39, 0.29) is 9.92 Å². The summed E-state index contributed by atoms with van der Waals surface area (Å²) in [6, 6.07) is 4.14. The number of alkyl halides is 2. The van der Waals surface area contributed by atoms with Gasteiger partial charge in [-0.25, -0.2) is 17.2 Å². The molecule has 0 aliphatic heterocycles. The molecule has 0 aromatic heterocycles. The van der Waals surface area contributed by atoms with Crippen LogP contribution in [0.3, 0.4) is 0 Å². The van der Waals surface area contributed by atoms with Crippen LogP contribution in [0.1, 0.15) is 0 Å². The molecule has 1 rings (SSSR count). The molecule has 1 aromatic rings. The molecule has 8 heteroatoms. The van der Waals surface area contributed by atoms with Crippen molar-refractivity contribution in [3.05, 3.63) is 27.7 Å². The van der Waals surface area contributed by atoms with Gasteiger partial charge in [0.1, 0.15) is 4.90 Å². The Morgan fingerprint density at radius 3 is 2.53 bits per heavy atom. The fourth-order valence-electron chi connectivity index (χ4n) is 1.14. The summed E-state index contributed by atoms with van der Waals surface area (Å²) in [6.45, 7) is -0.866. The van der Waals surface area contributed by atoms with Gasteiger partial charge in [0.2, 0.25) is 10.0 Å². The third kappa shape index (κ3) is 3.61. The summed E-state index contributed by atoms with van der Waals surface area (Å²) >= 11 is 8.90. The average molecular weight is 349 g/mol. The van der Waals surface area contributed by atoms with Gasteiger partial charge in [-0.1, -0.05) is 27.5 Å². The van der Waals surface area contributed by atoms with Gasteiger partial charge in [-0.3, -0.25) is 0 Å². The lowest BCUT2D eigenvalue weighted by atomic mass is 10.4. The number of rotatable bonds is 4. The first-order chi connectivity index (χ1) is 7.75. The van der Waals surface area contributed by atoms with Gasteiger partial charge >= 0.3 is 0 Å². The normalized spacial score (nSPS) is 12.4. The van der Waals surface area contributed by atoms with E-state index < -0.39 is 23.0 Å². The first kappa shape index (κ1) is 14.8. The van der Waals surface area contributed by atoms with Crippen LogP contribution in [0.4, 0.5) is 8.78 Å². The molecule has 0 fully saturated rings. The molecule has 0 heterocycles. The lowest BCUT2D eigenvalue weighted by Gasteiger charge is -2.17. The molecular weight excluding hydrogens is 340 g/mol. The van der Waals surface area contributed by atoms with E-state index in [4.69, 9.17) is 11.6 Å². The Kier molecular flexibility index (Phi) is 4.88. The number of hydrogen-bond acceptors (Lipinski definition) is 2. The van der Waals surface area contributed by atoms with Crippen LogP contribution in [-0.2, 0) is 10.0 Å². The highest BCUT2D eigenvalue weighted by atomic mass is 79.9. The Morgan fingerprint density at radius 2 is 2.06 bits per heavy atom. The molecule has 0 saturated heterocycles. The summed E-state index contributed by atoms with van der Waals surface area (Å²) < 4.78 is 49.3. The molecule has 0 spiro atoms. The number of nitrogens with zero attached hydrogens (tertiary/aromatic N) is 1. The molecular formula is C9H9BrClF2NO2S. The first-order valence-electron chi connectivity index (χ1n) is 4.44. The monoisotopic (exact) mass is 347 g/mol. The summed E-state index contributed by atoms with van der Waals surface area (Å²) in [7, 11) is -2.90. The van der Waals surface area contributed by atoms with E-state index in [1.807, 2.05) is 0 Å². The maximum absolute atomic E-state index is 12.1. The number of benzene rings is 1. The van der Waals surface area contributed by atoms with Gasteiger partial charge in [0.25, 0.3) is 6.43 Å². The molecule has 0 amide bonds. The zero-order valence-electron chi connectivity index (χ0n) is 8.70. The van der Waals surface area contributed by atoms with Crippen LogP contribution in [0.5, 0.6) is 0 Å². The smallest absolute Gasteiger partial charge is 0.209 e. The molecule has 1 aromatic carbocycles. The topological polar surface area (TPSA) is 37.4 Å². The third-order valence-electron chi connectivity index (χ3n) is 1.98. The van der Waals surface area contributed by atoms with Gasteiger partial charge in [0.15, 0.2) is 0 Å². The predicted molar refractivity (Wildman–Crippen MR) is 65.0 cm³/mol. The van der Waals surface area contributed by atoms with Crippen molar-refractivity contribution in [3.8, 4) is 0 Å². The number of hydrogen-bond donors (Lipinski definition) is 0. The molecule has 0 radical (unpaired) electrons. The first-order valence-corrected chi connectivity index (χ1v) is 7.06. The highest BCUT2D eigenvalue weighted by Crippen LogP contribution is 2.27. The lowest BCUT2D eigenvalue weighted by molar-refractivity contribution is 0.126. The Bertz CT molecular complexity index is 510. The molecule has 0 atom stereocenters. The highest BCUT2D eigenvalue weighted by molar-refractivity contribution is 9.10. The van der Waals surface area contributed by atoms with Crippen molar-refractivity contribution in [1.82, 2.24) is 4.31 Å². The maximum Gasteiger partial charge on any atom is 0.252 e. The van der Waals surface area contributed by atoms with E-state index in [2.05, 4.69) is 15.9 Å². The van der Waals surface area contributed by atoms with Crippen molar-refractivity contribution in [1.29, 1.82) is 0 Å². The summed E-state index contributed by atoms with van der Waals surface area (Å²) in [5, 5.41) is -0.0134. The van der Waals surface area contributed by atoms with Crippen LogP contribution in [0.2, 0.25) is 5.02 Å². The largest absolute Gasteiger partial charge is 0.252 e. The molecule has 17 heavy (non-hydrogen) atoms. The van der Waals surface area contributed by atoms with Crippen molar-refractivity contribution in [3.63, 3.8) is 0 Å². The van der Waals surface area contributed by atoms with Crippen molar-refractivity contribution in [2.75, 3.05) is 13.6 Å². The Balaban J connectivity index is 3.13. The Labute approximate surface area is 112 Å². The van der Waals surface area contributed by atoms with Crippen LogP contribution >= 0.6 is 27.5 Å². The molecule has 0 bridgehead atoms. The average Bonchev–Trinajstić information content (AvgIpc) is 2.15. The van der Waals surface area contributed by atoms with Gasteiger partial charge in [-0.05, 0) is 18.2 Å². The molecule has 0 unspecified atom stereocenters.